The van der Waals surface area contributed by atoms with E-state index in [9.17, 15) is 9.36 Å². The standard InChI is InChI=1S/C22H31N2O4P/c1-5-17(4)20(23)21(25)24-22(16(2)3)29(26,27-18-12-8-6-9-13-18)28-19-14-10-7-11-15-19/h6-17,20,22H,5,23H2,1-4H3,(H,24,25)/t17-,20-,22?/m0/s1. The highest BCUT2D eigenvalue weighted by Gasteiger charge is 2.43. The fraction of sp³-hybridized carbons (Fsp3) is 0.409. The number of rotatable bonds is 10. The number of nitrogens with one attached hydrogen (secondary N) is 1. The van der Waals surface area contributed by atoms with E-state index in [0.717, 1.165) is 6.42 Å². The van der Waals surface area contributed by atoms with Crippen LogP contribution in [0.3, 0.4) is 0 Å². The van der Waals surface area contributed by atoms with Gasteiger partial charge in [0.15, 0.2) is 5.78 Å². The molecule has 0 bridgehead atoms. The Labute approximate surface area is 173 Å². The van der Waals surface area contributed by atoms with Crippen molar-refractivity contribution >= 4 is 13.5 Å². The summed E-state index contributed by atoms with van der Waals surface area (Å²) in [5, 5.41) is 2.84. The summed E-state index contributed by atoms with van der Waals surface area (Å²) in [5.41, 5.74) is 6.08. The van der Waals surface area contributed by atoms with Crippen LogP contribution in [0.2, 0.25) is 0 Å². The maximum Gasteiger partial charge on any atom is 0.453 e. The summed E-state index contributed by atoms with van der Waals surface area (Å²) in [6.45, 7) is 7.60. The zero-order valence-corrected chi connectivity index (χ0v) is 18.3. The monoisotopic (exact) mass is 418 g/mol. The van der Waals surface area contributed by atoms with Gasteiger partial charge in [0, 0.05) is 0 Å². The van der Waals surface area contributed by atoms with Crippen LogP contribution in [-0.2, 0) is 9.36 Å². The van der Waals surface area contributed by atoms with Gasteiger partial charge < -0.3 is 20.1 Å². The lowest BCUT2D eigenvalue weighted by atomic mass is 9.99. The Morgan fingerprint density at radius 2 is 1.41 bits per heavy atom. The number of carbonyl (C=O) groups excluding carboxylic acids is 1. The summed E-state index contributed by atoms with van der Waals surface area (Å²) in [6, 6.07) is 16.9. The summed E-state index contributed by atoms with van der Waals surface area (Å²) in [6.07, 6.45) is 0.764. The Hall–Kier alpha value is -2.30. The molecule has 2 aromatic rings. The predicted molar refractivity (Wildman–Crippen MR) is 116 cm³/mol. The molecule has 2 rings (SSSR count). The first-order valence-electron chi connectivity index (χ1n) is 9.91. The van der Waals surface area contributed by atoms with Gasteiger partial charge in [0.2, 0.25) is 5.91 Å². The van der Waals surface area contributed by atoms with E-state index in [2.05, 4.69) is 5.32 Å². The van der Waals surface area contributed by atoms with Gasteiger partial charge in [-0.25, -0.2) is 4.57 Å². The molecule has 0 saturated carbocycles. The van der Waals surface area contributed by atoms with Crippen molar-refractivity contribution in [2.45, 2.75) is 45.9 Å². The average molecular weight is 418 g/mol. The summed E-state index contributed by atoms with van der Waals surface area (Å²) >= 11 is 0. The molecule has 2 aromatic carbocycles. The molecule has 0 aliphatic carbocycles. The van der Waals surface area contributed by atoms with E-state index in [1.54, 1.807) is 48.5 Å². The largest absolute Gasteiger partial charge is 0.453 e. The van der Waals surface area contributed by atoms with E-state index in [1.807, 2.05) is 39.8 Å². The third-order valence-electron chi connectivity index (χ3n) is 4.77. The molecule has 3 atom stereocenters. The quantitative estimate of drug-likeness (QED) is 0.541. The van der Waals surface area contributed by atoms with Gasteiger partial charge in [0.1, 0.15) is 11.5 Å². The van der Waals surface area contributed by atoms with E-state index >= 15 is 0 Å². The first-order valence-corrected chi connectivity index (χ1v) is 11.5. The number of hydrogen-bond acceptors (Lipinski definition) is 5. The minimum Gasteiger partial charge on any atom is -0.415 e. The van der Waals surface area contributed by atoms with Gasteiger partial charge in [-0.3, -0.25) is 4.79 Å². The molecule has 6 nitrogen and oxygen atoms in total. The highest BCUT2D eigenvalue weighted by molar-refractivity contribution is 7.55. The first-order chi connectivity index (χ1) is 13.8. The molecule has 0 heterocycles. The van der Waals surface area contributed by atoms with Crippen LogP contribution >= 0.6 is 7.60 Å². The lowest BCUT2D eigenvalue weighted by molar-refractivity contribution is -0.124. The summed E-state index contributed by atoms with van der Waals surface area (Å²) in [7, 11) is -3.85. The second kappa shape index (κ2) is 10.5. The molecule has 0 aliphatic rings. The molecule has 0 saturated heterocycles. The Kier molecular flexibility index (Phi) is 8.30. The molecule has 1 amide bonds. The number of para-hydroxylation sites is 2. The molecule has 7 heteroatoms. The van der Waals surface area contributed by atoms with Crippen molar-refractivity contribution < 1.29 is 18.4 Å². The van der Waals surface area contributed by atoms with Crippen LogP contribution in [0.4, 0.5) is 0 Å². The molecule has 0 fully saturated rings. The molecular formula is C22H31N2O4P. The van der Waals surface area contributed by atoms with Crippen LogP contribution in [0.25, 0.3) is 0 Å². The molecule has 158 valence electrons. The third kappa shape index (κ3) is 6.34. The van der Waals surface area contributed by atoms with Crippen LogP contribution in [0.1, 0.15) is 34.1 Å². The van der Waals surface area contributed by atoms with E-state index in [1.165, 1.54) is 0 Å². The topological polar surface area (TPSA) is 90.7 Å². The lowest BCUT2D eigenvalue weighted by Gasteiger charge is -2.31. The Bertz CT molecular complexity index is 769. The van der Waals surface area contributed by atoms with Gasteiger partial charge in [-0.15, -0.1) is 0 Å². The Balaban J connectivity index is 2.36. The van der Waals surface area contributed by atoms with Gasteiger partial charge in [0.25, 0.3) is 0 Å². The summed E-state index contributed by atoms with van der Waals surface area (Å²) in [4.78, 5) is 12.7. The average Bonchev–Trinajstić information content (AvgIpc) is 2.71. The van der Waals surface area contributed by atoms with Gasteiger partial charge in [-0.1, -0.05) is 70.5 Å². The second-order valence-corrected chi connectivity index (χ2v) is 9.46. The molecule has 3 N–H and O–H groups in total. The highest BCUT2D eigenvalue weighted by atomic mass is 31.2. The Morgan fingerprint density at radius 1 is 0.966 bits per heavy atom. The van der Waals surface area contributed by atoms with Gasteiger partial charge in [-0.2, -0.15) is 0 Å². The van der Waals surface area contributed by atoms with Gasteiger partial charge in [0.05, 0.1) is 6.04 Å². The van der Waals surface area contributed by atoms with Crippen LogP contribution in [0.15, 0.2) is 60.7 Å². The van der Waals surface area contributed by atoms with Gasteiger partial charge in [-0.05, 0) is 36.1 Å². The second-order valence-electron chi connectivity index (χ2n) is 7.46. The molecule has 0 spiro atoms. The normalized spacial score (nSPS) is 14.7. The van der Waals surface area contributed by atoms with Crippen LogP contribution < -0.4 is 20.1 Å². The fourth-order valence-electron chi connectivity index (χ4n) is 2.75. The molecule has 0 radical (unpaired) electrons. The zero-order chi connectivity index (χ0) is 21.4. The van der Waals surface area contributed by atoms with Crippen LogP contribution in [-0.4, -0.2) is 17.7 Å². The van der Waals surface area contributed by atoms with Crippen molar-refractivity contribution in [1.29, 1.82) is 0 Å². The molecule has 0 aliphatic heterocycles. The number of amides is 1. The number of nitrogens with two attached hydrogens (primary N) is 1. The maximum absolute atomic E-state index is 14.0. The summed E-state index contributed by atoms with van der Waals surface area (Å²) < 4.78 is 25.7. The van der Waals surface area contributed by atoms with Gasteiger partial charge >= 0.3 is 7.60 Å². The summed E-state index contributed by atoms with van der Waals surface area (Å²) in [5.74, 6) is -0.665. The predicted octanol–water partition coefficient (Wildman–Crippen LogP) is 4.81. The zero-order valence-electron chi connectivity index (χ0n) is 17.4. The smallest absolute Gasteiger partial charge is 0.415 e. The van der Waals surface area contributed by atoms with E-state index in [0.29, 0.717) is 11.5 Å². The number of benzene rings is 2. The van der Waals surface area contributed by atoms with Crippen molar-refractivity contribution in [1.82, 2.24) is 5.32 Å². The van der Waals surface area contributed by atoms with E-state index in [4.69, 9.17) is 14.8 Å². The van der Waals surface area contributed by atoms with Crippen molar-refractivity contribution in [2.24, 2.45) is 17.6 Å². The van der Waals surface area contributed by atoms with E-state index < -0.39 is 19.4 Å². The first kappa shape index (κ1) is 23.0. The van der Waals surface area contributed by atoms with Crippen LogP contribution in [0, 0.1) is 11.8 Å². The number of carbonyl (C=O) groups is 1. The maximum atomic E-state index is 14.0. The van der Waals surface area contributed by atoms with Crippen molar-refractivity contribution in [3.63, 3.8) is 0 Å². The molecule has 0 aromatic heterocycles. The number of hydrogen-bond donors (Lipinski definition) is 2. The SMILES string of the molecule is CC[C@H](C)[C@H](N)C(=O)NC(C(C)C)P(=O)(Oc1ccccc1)Oc1ccccc1. The minimum atomic E-state index is -3.85. The minimum absolute atomic E-state index is 0.00715. The highest BCUT2D eigenvalue weighted by Crippen LogP contribution is 2.54. The molecule has 1 unspecified atom stereocenters. The molecule has 29 heavy (non-hydrogen) atoms. The Morgan fingerprint density at radius 3 is 1.79 bits per heavy atom. The van der Waals surface area contributed by atoms with Crippen molar-refractivity contribution in [3.05, 3.63) is 60.7 Å². The van der Waals surface area contributed by atoms with Crippen molar-refractivity contribution in [2.75, 3.05) is 0 Å². The lowest BCUT2D eigenvalue weighted by Crippen LogP contribution is -2.50. The third-order valence-corrected chi connectivity index (χ3v) is 7.11. The van der Waals surface area contributed by atoms with Crippen LogP contribution in [0.5, 0.6) is 11.5 Å². The molecular weight excluding hydrogens is 387 g/mol. The fourth-order valence-corrected chi connectivity index (χ4v) is 4.87. The van der Waals surface area contributed by atoms with Crippen molar-refractivity contribution in [3.8, 4) is 11.5 Å². The van der Waals surface area contributed by atoms with E-state index in [-0.39, 0.29) is 17.7 Å².